The van der Waals surface area contributed by atoms with E-state index in [1.807, 2.05) is 18.7 Å². The first kappa shape index (κ1) is 24.7. The Morgan fingerprint density at radius 2 is 2.00 bits per heavy atom. The van der Waals surface area contributed by atoms with Gasteiger partial charge in [-0.3, -0.25) is 9.78 Å². The van der Waals surface area contributed by atoms with Crippen LogP contribution in [0.5, 0.6) is 5.75 Å². The van der Waals surface area contributed by atoms with Crippen LogP contribution in [0.15, 0.2) is 48.8 Å². The lowest BCUT2D eigenvalue weighted by Gasteiger charge is -2.24. The Labute approximate surface area is 192 Å². The predicted octanol–water partition coefficient (Wildman–Crippen LogP) is 5.79. The van der Waals surface area contributed by atoms with Crippen molar-refractivity contribution in [1.29, 1.82) is 0 Å². The van der Waals surface area contributed by atoms with Crippen LogP contribution in [-0.2, 0) is 9.09 Å². The second-order valence-electron chi connectivity index (χ2n) is 6.02. The van der Waals surface area contributed by atoms with E-state index in [4.69, 9.17) is 32.9 Å². The van der Waals surface area contributed by atoms with Gasteiger partial charge >= 0.3 is 8.25 Å². The molecule has 6 nitrogen and oxygen atoms in total. The lowest BCUT2D eigenvalue weighted by Crippen LogP contribution is -2.30. The SMILES string of the molecule is CCN(CC)C(=S)SC(CCO[P+](=O)Oc1ccccc1Cl)C(=O)c1cccnc1. The summed E-state index contributed by atoms with van der Waals surface area (Å²) in [6.07, 6.45) is 3.45. The minimum absolute atomic E-state index is 0.0597. The fourth-order valence-corrected chi connectivity index (χ4v) is 5.05. The van der Waals surface area contributed by atoms with Crippen molar-refractivity contribution in [1.82, 2.24) is 9.88 Å². The molecule has 0 saturated heterocycles. The van der Waals surface area contributed by atoms with Crippen LogP contribution < -0.4 is 4.52 Å². The summed E-state index contributed by atoms with van der Waals surface area (Å²) in [5.41, 5.74) is 0.494. The number of carbonyl (C=O) groups is 1. The van der Waals surface area contributed by atoms with Crippen molar-refractivity contribution >= 4 is 53.9 Å². The highest BCUT2D eigenvalue weighted by Gasteiger charge is 2.28. The number of rotatable bonds is 11. The van der Waals surface area contributed by atoms with Crippen LogP contribution in [-0.4, -0.2) is 44.9 Å². The number of hydrogen-bond acceptors (Lipinski definition) is 7. The Kier molecular flexibility index (Phi) is 10.7. The minimum Gasteiger partial charge on any atom is -0.358 e. The van der Waals surface area contributed by atoms with Crippen LogP contribution in [0.25, 0.3) is 0 Å². The highest BCUT2D eigenvalue weighted by atomic mass is 35.5. The molecule has 2 unspecified atom stereocenters. The summed E-state index contributed by atoms with van der Waals surface area (Å²) in [7, 11) is -2.43. The molecule has 160 valence electrons. The molecule has 0 N–H and O–H groups in total. The highest BCUT2D eigenvalue weighted by Crippen LogP contribution is 2.34. The van der Waals surface area contributed by atoms with Gasteiger partial charge in [-0.1, -0.05) is 47.7 Å². The van der Waals surface area contributed by atoms with Crippen LogP contribution in [0.3, 0.4) is 0 Å². The zero-order chi connectivity index (χ0) is 21.9. The molecular weight excluding hydrogens is 463 g/mol. The van der Waals surface area contributed by atoms with Gasteiger partial charge < -0.3 is 4.90 Å². The minimum atomic E-state index is -2.43. The van der Waals surface area contributed by atoms with E-state index < -0.39 is 13.5 Å². The third-order valence-electron chi connectivity index (χ3n) is 4.09. The lowest BCUT2D eigenvalue weighted by molar-refractivity contribution is 0.0980. The van der Waals surface area contributed by atoms with Gasteiger partial charge in [0.05, 0.1) is 10.3 Å². The molecule has 0 saturated carbocycles. The number of Topliss-reactive ketones (excluding diaryl/α,β-unsaturated/α-hetero) is 1. The maximum atomic E-state index is 13.0. The molecule has 1 aromatic heterocycles. The third kappa shape index (κ3) is 7.60. The van der Waals surface area contributed by atoms with Crippen LogP contribution in [0.1, 0.15) is 30.6 Å². The number of aromatic nitrogens is 1. The average molecular weight is 486 g/mol. The number of benzene rings is 1. The molecule has 0 bridgehead atoms. The van der Waals surface area contributed by atoms with Crippen molar-refractivity contribution in [2.75, 3.05) is 19.7 Å². The van der Waals surface area contributed by atoms with Crippen molar-refractivity contribution in [2.45, 2.75) is 25.5 Å². The first-order valence-corrected chi connectivity index (χ1v) is 12.1. The fraction of sp³-hybridized carbons (Fsp3) is 0.350. The summed E-state index contributed by atoms with van der Waals surface area (Å²) in [6, 6.07) is 10.1. The second-order valence-corrected chi connectivity index (χ2v) is 9.15. The maximum absolute atomic E-state index is 13.0. The number of halogens is 1. The first-order chi connectivity index (χ1) is 14.5. The van der Waals surface area contributed by atoms with E-state index in [1.54, 1.807) is 42.6 Å². The Bertz CT molecular complexity index is 869. The second kappa shape index (κ2) is 13.0. The predicted molar refractivity (Wildman–Crippen MR) is 126 cm³/mol. The van der Waals surface area contributed by atoms with Gasteiger partial charge in [-0.15, -0.1) is 4.52 Å². The molecule has 0 aliphatic heterocycles. The van der Waals surface area contributed by atoms with E-state index in [0.717, 1.165) is 13.1 Å². The monoisotopic (exact) mass is 485 g/mol. The van der Waals surface area contributed by atoms with Gasteiger partial charge in [0, 0.05) is 35.6 Å². The van der Waals surface area contributed by atoms with Crippen LogP contribution in [0, 0.1) is 0 Å². The molecule has 0 aliphatic carbocycles. The molecule has 10 heteroatoms. The number of nitrogens with zero attached hydrogens (tertiary/aromatic N) is 2. The van der Waals surface area contributed by atoms with E-state index in [1.165, 1.54) is 18.0 Å². The molecule has 0 aliphatic rings. The van der Waals surface area contributed by atoms with Gasteiger partial charge in [0.1, 0.15) is 10.9 Å². The van der Waals surface area contributed by atoms with E-state index >= 15 is 0 Å². The summed E-state index contributed by atoms with van der Waals surface area (Å²) < 4.78 is 23.3. The van der Waals surface area contributed by atoms with Crippen molar-refractivity contribution in [3.05, 3.63) is 59.4 Å². The quantitative estimate of drug-likeness (QED) is 0.225. The molecule has 2 rings (SSSR count). The van der Waals surface area contributed by atoms with Gasteiger partial charge in [-0.2, -0.15) is 0 Å². The Hall–Kier alpha value is -1.57. The number of para-hydroxylation sites is 1. The number of thiocarbonyl (C=S) groups is 1. The largest absolute Gasteiger partial charge is 0.750 e. The topological polar surface area (TPSA) is 68.7 Å². The fourth-order valence-electron chi connectivity index (χ4n) is 2.48. The normalized spacial score (nSPS) is 12.2. The molecule has 30 heavy (non-hydrogen) atoms. The molecule has 2 atom stereocenters. The Morgan fingerprint density at radius 3 is 2.63 bits per heavy atom. The summed E-state index contributed by atoms with van der Waals surface area (Å²) in [5, 5.41) is -0.153. The molecule has 2 aromatic rings. The standard InChI is InChI=1S/C20H23ClN2O4PS2/c1-3-23(4-2)20(29)30-18(19(24)15-8-7-12-22-14-15)11-13-26-28(25)27-17-10-6-5-9-16(17)21/h5-10,12,14,18H,3-4,11,13H2,1-2H3/q+1. The van der Waals surface area contributed by atoms with Crippen LogP contribution in [0.2, 0.25) is 5.02 Å². The maximum Gasteiger partial charge on any atom is 0.750 e. The number of thioether (sulfide) groups is 1. The zero-order valence-corrected chi connectivity index (χ0v) is 20.0. The summed E-state index contributed by atoms with van der Waals surface area (Å²) in [4.78, 5) is 19.0. The van der Waals surface area contributed by atoms with E-state index in [2.05, 4.69) is 4.98 Å². The van der Waals surface area contributed by atoms with Crippen molar-refractivity contribution < 1.29 is 18.4 Å². The van der Waals surface area contributed by atoms with Gasteiger partial charge in [0.15, 0.2) is 5.78 Å². The molecular formula is C20H23ClN2O4PS2+. The number of pyridine rings is 1. The summed E-state index contributed by atoms with van der Waals surface area (Å²) >= 11 is 12.8. The summed E-state index contributed by atoms with van der Waals surface area (Å²) in [5.74, 6) is 0.175. The molecule has 1 heterocycles. The molecule has 0 fully saturated rings. The van der Waals surface area contributed by atoms with Gasteiger partial charge in [-0.25, -0.2) is 4.52 Å². The lowest BCUT2D eigenvalue weighted by atomic mass is 10.1. The number of ketones is 1. The molecule has 0 spiro atoms. The average Bonchev–Trinajstić information content (AvgIpc) is 2.75. The van der Waals surface area contributed by atoms with Crippen LogP contribution in [0.4, 0.5) is 0 Å². The van der Waals surface area contributed by atoms with Gasteiger partial charge in [-0.05, 0) is 44.5 Å². The summed E-state index contributed by atoms with van der Waals surface area (Å²) in [6.45, 7) is 5.58. The van der Waals surface area contributed by atoms with Gasteiger partial charge in [0.25, 0.3) is 0 Å². The zero-order valence-electron chi connectivity index (χ0n) is 16.7. The molecule has 0 radical (unpaired) electrons. The third-order valence-corrected chi connectivity index (χ3v) is 6.88. The first-order valence-electron chi connectivity index (χ1n) is 9.38. The van der Waals surface area contributed by atoms with E-state index in [9.17, 15) is 9.36 Å². The smallest absolute Gasteiger partial charge is 0.358 e. The Morgan fingerprint density at radius 1 is 1.27 bits per heavy atom. The number of carbonyl (C=O) groups excluding carboxylic acids is 1. The highest BCUT2D eigenvalue weighted by molar-refractivity contribution is 8.23. The molecule has 0 amide bonds. The van der Waals surface area contributed by atoms with Crippen molar-refractivity contribution in [3.63, 3.8) is 0 Å². The van der Waals surface area contributed by atoms with Crippen molar-refractivity contribution in [3.8, 4) is 5.75 Å². The Balaban J connectivity index is 2.00. The molecule has 1 aromatic carbocycles. The van der Waals surface area contributed by atoms with E-state index in [-0.39, 0.29) is 18.1 Å². The van der Waals surface area contributed by atoms with Crippen molar-refractivity contribution in [2.24, 2.45) is 0 Å². The number of hydrogen-bond donors (Lipinski definition) is 0. The van der Waals surface area contributed by atoms with E-state index in [0.29, 0.717) is 21.3 Å². The van der Waals surface area contributed by atoms with Gasteiger partial charge in [0.2, 0.25) is 5.75 Å². The van der Waals surface area contributed by atoms with Crippen LogP contribution >= 0.6 is 43.8 Å².